The molecule has 0 spiro atoms. The Labute approximate surface area is 152 Å². The molecule has 4 heterocycles. The van der Waals surface area contributed by atoms with Gasteiger partial charge in [0.25, 0.3) is 5.91 Å². The second-order valence-corrected chi connectivity index (χ2v) is 7.01. The molecule has 26 heavy (non-hydrogen) atoms. The van der Waals surface area contributed by atoms with Gasteiger partial charge in [-0.3, -0.25) is 14.8 Å². The molecule has 1 aliphatic heterocycles. The van der Waals surface area contributed by atoms with E-state index in [1.54, 1.807) is 16.8 Å². The van der Waals surface area contributed by atoms with E-state index in [0.29, 0.717) is 17.9 Å². The number of hydrogen-bond donors (Lipinski definition) is 0. The van der Waals surface area contributed by atoms with Crippen LogP contribution in [-0.4, -0.2) is 48.5 Å². The third kappa shape index (κ3) is 3.05. The lowest BCUT2D eigenvalue weighted by atomic mass is 9.94. The van der Waals surface area contributed by atoms with Gasteiger partial charge in [0, 0.05) is 48.9 Å². The number of likely N-dealkylation sites (tertiary alicyclic amines) is 1. The summed E-state index contributed by atoms with van der Waals surface area (Å²) in [6.07, 6.45) is 5.54. The Morgan fingerprint density at radius 3 is 2.77 bits per heavy atom. The predicted octanol–water partition coefficient (Wildman–Crippen LogP) is 2.46. The first-order valence-electron chi connectivity index (χ1n) is 8.93. The lowest BCUT2D eigenvalue weighted by Crippen LogP contribution is -2.39. The third-order valence-electron chi connectivity index (χ3n) is 4.85. The molecule has 4 rings (SSSR count). The van der Waals surface area contributed by atoms with Crippen molar-refractivity contribution in [3.63, 3.8) is 0 Å². The van der Waals surface area contributed by atoms with Gasteiger partial charge in [-0.05, 0) is 39.7 Å². The van der Waals surface area contributed by atoms with Crippen molar-refractivity contribution < 1.29 is 4.79 Å². The van der Waals surface area contributed by atoms with E-state index in [-0.39, 0.29) is 11.8 Å². The molecule has 7 nitrogen and oxygen atoms in total. The van der Waals surface area contributed by atoms with Crippen LogP contribution in [0.15, 0.2) is 24.5 Å². The van der Waals surface area contributed by atoms with Gasteiger partial charge >= 0.3 is 0 Å². The number of fused-ring (bicyclic) bond motifs is 1. The molecule has 0 unspecified atom stereocenters. The normalized spacial score (nSPS) is 17.7. The molecule has 7 heteroatoms. The van der Waals surface area contributed by atoms with Crippen LogP contribution in [0.1, 0.15) is 52.0 Å². The molecule has 1 atom stereocenters. The van der Waals surface area contributed by atoms with E-state index in [4.69, 9.17) is 0 Å². The maximum Gasteiger partial charge on any atom is 0.274 e. The Morgan fingerprint density at radius 2 is 1.96 bits per heavy atom. The van der Waals surface area contributed by atoms with E-state index in [2.05, 4.69) is 20.1 Å². The molecule has 0 N–H and O–H groups in total. The quantitative estimate of drug-likeness (QED) is 0.710. The second-order valence-electron chi connectivity index (χ2n) is 7.01. The zero-order valence-corrected chi connectivity index (χ0v) is 15.3. The fraction of sp³-hybridized carbons (Fsp3) is 0.421. The van der Waals surface area contributed by atoms with Gasteiger partial charge in [0.2, 0.25) is 0 Å². The number of carbonyl (C=O) groups excluding carboxylic acids is 1. The van der Waals surface area contributed by atoms with Crippen molar-refractivity contribution in [1.29, 1.82) is 0 Å². The molecule has 1 amide bonds. The lowest BCUT2D eigenvalue weighted by molar-refractivity contribution is 0.0699. The van der Waals surface area contributed by atoms with Crippen molar-refractivity contribution in [2.75, 3.05) is 13.1 Å². The van der Waals surface area contributed by atoms with Crippen molar-refractivity contribution in [2.24, 2.45) is 0 Å². The van der Waals surface area contributed by atoms with Gasteiger partial charge in [-0.2, -0.15) is 5.10 Å². The topological polar surface area (TPSA) is 76.3 Å². The number of amides is 1. The number of nitrogens with zero attached hydrogens (tertiary/aromatic N) is 6. The molecular weight excluding hydrogens is 328 g/mol. The van der Waals surface area contributed by atoms with E-state index in [1.165, 1.54) is 0 Å². The van der Waals surface area contributed by atoms with E-state index >= 15 is 0 Å². The Hall–Kier alpha value is -2.83. The van der Waals surface area contributed by atoms with E-state index in [0.717, 1.165) is 42.2 Å². The molecule has 0 bridgehead atoms. The molecule has 0 aromatic carbocycles. The number of carbonyl (C=O) groups is 1. The van der Waals surface area contributed by atoms with Crippen LogP contribution >= 0.6 is 0 Å². The fourth-order valence-electron chi connectivity index (χ4n) is 3.64. The number of aromatic nitrogens is 5. The zero-order chi connectivity index (χ0) is 18.3. The summed E-state index contributed by atoms with van der Waals surface area (Å²) < 4.78 is 1.73. The first kappa shape index (κ1) is 16.6. The molecule has 3 aromatic rings. The van der Waals surface area contributed by atoms with Crippen LogP contribution in [0.3, 0.4) is 0 Å². The van der Waals surface area contributed by atoms with Gasteiger partial charge in [-0.15, -0.1) is 0 Å². The van der Waals surface area contributed by atoms with Crippen molar-refractivity contribution in [3.05, 3.63) is 53.0 Å². The van der Waals surface area contributed by atoms with Crippen LogP contribution in [0.25, 0.3) is 5.65 Å². The monoisotopic (exact) mass is 350 g/mol. The van der Waals surface area contributed by atoms with Gasteiger partial charge in [0.1, 0.15) is 0 Å². The minimum atomic E-state index is -0.0436. The summed E-state index contributed by atoms with van der Waals surface area (Å²) in [5.41, 5.74) is 4.92. The van der Waals surface area contributed by atoms with Gasteiger partial charge in [0.15, 0.2) is 11.3 Å². The molecule has 1 saturated heterocycles. The Morgan fingerprint density at radius 1 is 1.12 bits per heavy atom. The predicted molar refractivity (Wildman–Crippen MR) is 97.1 cm³/mol. The number of rotatable bonds is 2. The van der Waals surface area contributed by atoms with Crippen molar-refractivity contribution in [2.45, 2.75) is 39.5 Å². The largest absolute Gasteiger partial charge is 0.337 e. The number of aryl methyl sites for hydroxylation is 3. The molecule has 0 radical (unpaired) electrons. The highest BCUT2D eigenvalue weighted by molar-refractivity contribution is 5.93. The lowest BCUT2D eigenvalue weighted by Gasteiger charge is -2.32. The summed E-state index contributed by atoms with van der Waals surface area (Å²) in [4.78, 5) is 28.2. The summed E-state index contributed by atoms with van der Waals surface area (Å²) in [6.45, 7) is 7.25. The maximum atomic E-state index is 13.0. The minimum absolute atomic E-state index is 0.0436. The van der Waals surface area contributed by atoms with E-state index in [1.807, 2.05) is 37.9 Å². The summed E-state index contributed by atoms with van der Waals surface area (Å²) in [5.74, 6) is 0.178. The first-order valence-corrected chi connectivity index (χ1v) is 8.93. The van der Waals surface area contributed by atoms with Gasteiger partial charge in [0.05, 0.1) is 11.4 Å². The highest BCUT2D eigenvalue weighted by atomic mass is 16.2. The third-order valence-corrected chi connectivity index (χ3v) is 4.85. The van der Waals surface area contributed by atoms with Crippen LogP contribution in [0.4, 0.5) is 0 Å². The highest BCUT2D eigenvalue weighted by Gasteiger charge is 2.28. The van der Waals surface area contributed by atoms with Crippen LogP contribution < -0.4 is 0 Å². The molecule has 1 fully saturated rings. The van der Waals surface area contributed by atoms with E-state index in [9.17, 15) is 4.79 Å². The summed E-state index contributed by atoms with van der Waals surface area (Å²) in [7, 11) is 0. The Bertz CT molecular complexity index is 979. The van der Waals surface area contributed by atoms with Crippen LogP contribution in [0.2, 0.25) is 0 Å². The van der Waals surface area contributed by atoms with Crippen molar-refractivity contribution >= 4 is 11.6 Å². The Kier molecular flexibility index (Phi) is 4.14. The molecule has 134 valence electrons. The van der Waals surface area contributed by atoms with Crippen molar-refractivity contribution in [3.8, 4) is 0 Å². The smallest absolute Gasteiger partial charge is 0.274 e. The van der Waals surface area contributed by atoms with Crippen LogP contribution in [-0.2, 0) is 0 Å². The van der Waals surface area contributed by atoms with Crippen LogP contribution in [0.5, 0.6) is 0 Å². The standard InChI is InChI=1S/C19H22N6O/c1-12-7-14(3)25-18(22-12)8-16(23-25)19(26)24-6-4-5-15(11-24)17-10-20-9-13(2)21-17/h7-10,15H,4-6,11H2,1-3H3/t15-/m1/s1. The number of piperidine rings is 1. The molecule has 0 saturated carbocycles. The summed E-state index contributed by atoms with van der Waals surface area (Å²) in [6, 6.07) is 3.74. The average Bonchev–Trinajstić information content (AvgIpc) is 3.05. The first-order chi connectivity index (χ1) is 12.5. The molecule has 3 aromatic heterocycles. The SMILES string of the molecule is Cc1cncc([C@@H]2CCCN(C(=O)c3cc4nc(C)cc(C)n4n3)C2)n1. The average molecular weight is 350 g/mol. The Balaban J connectivity index is 1.59. The van der Waals surface area contributed by atoms with Gasteiger partial charge < -0.3 is 4.90 Å². The minimum Gasteiger partial charge on any atom is -0.337 e. The molecule has 1 aliphatic rings. The van der Waals surface area contributed by atoms with Gasteiger partial charge in [-0.1, -0.05) is 0 Å². The van der Waals surface area contributed by atoms with E-state index < -0.39 is 0 Å². The molecular formula is C19H22N6O. The zero-order valence-electron chi connectivity index (χ0n) is 15.3. The van der Waals surface area contributed by atoms with Crippen LogP contribution in [0, 0.1) is 20.8 Å². The summed E-state index contributed by atoms with van der Waals surface area (Å²) >= 11 is 0. The number of hydrogen-bond acceptors (Lipinski definition) is 5. The summed E-state index contributed by atoms with van der Waals surface area (Å²) in [5, 5.41) is 4.48. The van der Waals surface area contributed by atoms with Crippen molar-refractivity contribution in [1.82, 2.24) is 29.5 Å². The highest BCUT2D eigenvalue weighted by Crippen LogP contribution is 2.26. The second kappa shape index (κ2) is 6.48. The van der Waals surface area contributed by atoms with Gasteiger partial charge in [-0.25, -0.2) is 9.50 Å². The fourth-order valence-corrected chi connectivity index (χ4v) is 3.64. The maximum absolute atomic E-state index is 13.0. The molecule has 0 aliphatic carbocycles.